The highest BCUT2D eigenvalue weighted by Crippen LogP contribution is 2.34. The van der Waals surface area contributed by atoms with E-state index in [1.165, 1.54) is 29.3 Å². The number of benzene rings is 2. The Morgan fingerprint density at radius 2 is 2.10 bits per heavy atom. The number of hydrogen-bond donors (Lipinski definition) is 3. The van der Waals surface area contributed by atoms with E-state index in [1.54, 1.807) is 25.4 Å². The van der Waals surface area contributed by atoms with Gasteiger partial charge in [0.2, 0.25) is 5.91 Å². The van der Waals surface area contributed by atoms with E-state index in [9.17, 15) is 18.7 Å². The van der Waals surface area contributed by atoms with Crippen LogP contribution in [0.3, 0.4) is 0 Å². The third-order valence-electron chi connectivity index (χ3n) is 6.70. The van der Waals surface area contributed by atoms with Crippen LogP contribution in [-0.2, 0) is 11.3 Å². The number of carbonyl (C=O) groups is 1. The maximum atomic E-state index is 13.9. The van der Waals surface area contributed by atoms with Gasteiger partial charge in [-0.1, -0.05) is 6.07 Å². The number of amides is 1. The summed E-state index contributed by atoms with van der Waals surface area (Å²) in [5.41, 5.74) is 0.949. The second kappa shape index (κ2) is 12.9. The monoisotopic (exact) mass is 567 g/mol. The minimum absolute atomic E-state index is 0.213. The first kappa shape index (κ1) is 28.2. The van der Waals surface area contributed by atoms with Gasteiger partial charge >= 0.3 is 0 Å². The van der Waals surface area contributed by atoms with Crippen molar-refractivity contribution < 1.29 is 28.2 Å². The number of β-amino-alcohol motifs (C(OH)–C–C–N with tert-alkyl or cyclic N) is 1. The summed E-state index contributed by atoms with van der Waals surface area (Å²) in [6.07, 6.45) is 6.95. The zero-order valence-electron chi connectivity index (χ0n) is 22.5. The fourth-order valence-electron chi connectivity index (χ4n) is 4.73. The highest BCUT2D eigenvalue weighted by molar-refractivity contribution is 5.93. The molecule has 0 spiro atoms. The zero-order chi connectivity index (χ0) is 28.8. The summed E-state index contributed by atoms with van der Waals surface area (Å²) in [5.74, 6) is -1.15. The van der Waals surface area contributed by atoms with E-state index in [4.69, 9.17) is 9.47 Å². The molecule has 0 saturated carbocycles. The minimum atomic E-state index is -1.12. The number of ether oxygens (including phenoxy) is 2. The van der Waals surface area contributed by atoms with Crippen molar-refractivity contribution in [2.45, 2.75) is 31.9 Å². The van der Waals surface area contributed by atoms with Gasteiger partial charge in [-0.15, -0.1) is 0 Å². The Labute approximate surface area is 235 Å². The van der Waals surface area contributed by atoms with Crippen LogP contribution in [0, 0.1) is 11.6 Å². The fourth-order valence-corrected chi connectivity index (χ4v) is 4.73. The molecule has 5 rings (SSSR count). The highest BCUT2D eigenvalue weighted by atomic mass is 19.2. The lowest BCUT2D eigenvalue weighted by Gasteiger charge is -2.29. The van der Waals surface area contributed by atoms with Gasteiger partial charge in [0.15, 0.2) is 23.1 Å². The Kier molecular flexibility index (Phi) is 8.85. The van der Waals surface area contributed by atoms with Gasteiger partial charge in [-0.25, -0.2) is 18.7 Å². The first-order chi connectivity index (χ1) is 19.9. The minimum Gasteiger partial charge on any atom is -0.493 e. The Hall–Kier alpha value is -4.36. The molecule has 1 fully saturated rings. The van der Waals surface area contributed by atoms with Crippen LogP contribution < -0.4 is 20.1 Å². The van der Waals surface area contributed by atoms with Crippen molar-refractivity contribution in [3.63, 3.8) is 0 Å². The van der Waals surface area contributed by atoms with E-state index in [0.717, 1.165) is 38.4 Å². The number of nitrogens with one attached hydrogen (secondary N) is 2. The van der Waals surface area contributed by atoms with E-state index >= 15 is 0 Å². The maximum Gasteiger partial charge on any atom is 0.246 e. The molecule has 1 amide bonds. The molecule has 1 aliphatic rings. The molecule has 41 heavy (non-hydrogen) atoms. The number of nitrogens with zero attached hydrogens (tertiary/aromatic N) is 5. The van der Waals surface area contributed by atoms with Gasteiger partial charge in [-0.05, 0) is 44.0 Å². The molecule has 1 unspecified atom stereocenters. The van der Waals surface area contributed by atoms with Crippen LogP contribution >= 0.6 is 0 Å². The second-order valence-electron chi connectivity index (χ2n) is 9.74. The van der Waals surface area contributed by atoms with Gasteiger partial charge in [-0.2, -0.15) is 5.10 Å². The van der Waals surface area contributed by atoms with Crippen LogP contribution in [-0.4, -0.2) is 75.1 Å². The number of aromatic nitrogens is 4. The molecule has 2 aromatic carbocycles. The van der Waals surface area contributed by atoms with Crippen LogP contribution in [0.15, 0.2) is 49.1 Å². The number of methoxy groups -OCH3 is 1. The molecule has 1 atom stereocenters. The van der Waals surface area contributed by atoms with Crippen molar-refractivity contribution in [3.8, 4) is 11.5 Å². The lowest BCUT2D eigenvalue weighted by molar-refractivity contribution is -0.116. The first-order valence-corrected chi connectivity index (χ1v) is 13.3. The van der Waals surface area contributed by atoms with Gasteiger partial charge < -0.3 is 30.1 Å². The molecule has 0 aliphatic carbocycles. The van der Waals surface area contributed by atoms with Gasteiger partial charge in [0.1, 0.15) is 18.7 Å². The third-order valence-corrected chi connectivity index (χ3v) is 6.70. The number of rotatable bonds is 11. The normalized spacial score (nSPS) is 15.6. The maximum absolute atomic E-state index is 13.9. The Bertz CT molecular complexity index is 1520. The number of aliphatic hydroxyl groups excluding tert-OH is 1. The van der Waals surface area contributed by atoms with Crippen molar-refractivity contribution in [2.75, 3.05) is 44.0 Å². The van der Waals surface area contributed by atoms with Crippen molar-refractivity contribution in [2.24, 2.45) is 0 Å². The third kappa shape index (κ3) is 7.05. The Balaban J connectivity index is 1.22. The number of carbonyl (C=O) groups excluding carboxylic acids is 1. The molecule has 1 saturated heterocycles. The van der Waals surface area contributed by atoms with Gasteiger partial charge in [0, 0.05) is 30.7 Å². The molecule has 216 valence electrons. The summed E-state index contributed by atoms with van der Waals surface area (Å²) >= 11 is 0. The van der Waals surface area contributed by atoms with E-state index in [1.807, 2.05) is 0 Å². The lowest BCUT2D eigenvalue weighted by atomic mass is 10.1. The molecule has 0 radical (unpaired) electrons. The summed E-state index contributed by atoms with van der Waals surface area (Å²) in [4.78, 5) is 23.3. The molecule has 0 bridgehead atoms. The molecule has 4 aromatic rings. The smallest absolute Gasteiger partial charge is 0.246 e. The first-order valence-electron chi connectivity index (χ1n) is 13.3. The van der Waals surface area contributed by atoms with Crippen LogP contribution in [0.4, 0.5) is 26.0 Å². The topological polar surface area (TPSA) is 127 Å². The van der Waals surface area contributed by atoms with Gasteiger partial charge in [0.25, 0.3) is 0 Å². The van der Waals surface area contributed by atoms with Gasteiger partial charge in [0.05, 0.1) is 42.9 Å². The van der Waals surface area contributed by atoms with E-state index in [2.05, 4.69) is 30.6 Å². The predicted molar refractivity (Wildman–Crippen MR) is 148 cm³/mol. The predicted octanol–water partition coefficient (Wildman–Crippen LogP) is 3.72. The van der Waals surface area contributed by atoms with Crippen LogP contribution in [0.1, 0.15) is 19.3 Å². The SMILES string of the molecule is COc1cc2c(Nc3cnn(CC(=O)Nc4cccc(F)c4F)c3)ncnc2cc1OCCCN1CCCC(O)C1. The number of aliphatic hydroxyl groups is 1. The number of hydrogen-bond acceptors (Lipinski definition) is 9. The number of anilines is 3. The van der Waals surface area contributed by atoms with Crippen molar-refractivity contribution in [1.82, 2.24) is 24.6 Å². The average molecular weight is 568 g/mol. The molecular weight excluding hydrogens is 536 g/mol. The summed E-state index contributed by atoms with van der Waals surface area (Å²) in [6, 6.07) is 7.15. The lowest BCUT2D eigenvalue weighted by Crippen LogP contribution is -2.39. The van der Waals surface area contributed by atoms with Crippen molar-refractivity contribution in [1.29, 1.82) is 0 Å². The molecule has 13 heteroatoms. The van der Waals surface area contributed by atoms with E-state index < -0.39 is 17.5 Å². The molecule has 3 heterocycles. The standard InChI is InChI=1S/C28H31F2N7O4/c1-40-24-11-20-23(12-25(24)41-10-4-9-36-8-3-5-19(38)15-36)31-17-32-28(20)34-18-13-33-37(14-18)16-26(39)35-22-7-2-6-21(29)27(22)30/h2,6-7,11-14,17,19,38H,3-5,8-10,15-16H2,1H3,(H,35,39)(H,31,32,34). The highest BCUT2D eigenvalue weighted by Gasteiger charge is 2.18. The largest absolute Gasteiger partial charge is 0.493 e. The molecule has 2 aromatic heterocycles. The summed E-state index contributed by atoms with van der Waals surface area (Å²) < 4.78 is 40.2. The van der Waals surface area contributed by atoms with E-state index in [0.29, 0.717) is 47.1 Å². The molecular formula is C28H31F2N7O4. The fraction of sp³-hybridized carbons (Fsp3) is 0.357. The number of fused-ring (bicyclic) bond motifs is 1. The van der Waals surface area contributed by atoms with Crippen molar-refractivity contribution in [3.05, 3.63) is 60.7 Å². The zero-order valence-corrected chi connectivity index (χ0v) is 22.5. The summed E-state index contributed by atoms with van der Waals surface area (Å²) in [6.45, 7) is 2.82. The molecule has 3 N–H and O–H groups in total. The van der Waals surface area contributed by atoms with E-state index in [-0.39, 0.29) is 18.3 Å². The van der Waals surface area contributed by atoms with Crippen LogP contribution in [0.5, 0.6) is 11.5 Å². The molecule has 11 nitrogen and oxygen atoms in total. The number of piperidine rings is 1. The molecule has 1 aliphatic heterocycles. The summed E-state index contributed by atoms with van der Waals surface area (Å²) in [7, 11) is 1.56. The van der Waals surface area contributed by atoms with Crippen LogP contribution in [0.2, 0.25) is 0 Å². The number of halogens is 2. The summed E-state index contributed by atoms with van der Waals surface area (Å²) in [5, 5.41) is 20.2. The number of likely N-dealkylation sites (tertiary alicyclic amines) is 1. The quantitative estimate of drug-likeness (QED) is 0.233. The Morgan fingerprint density at radius 3 is 2.93 bits per heavy atom. The second-order valence-corrected chi connectivity index (χ2v) is 9.74. The van der Waals surface area contributed by atoms with Crippen molar-refractivity contribution >= 4 is 34.0 Å². The van der Waals surface area contributed by atoms with Crippen LogP contribution in [0.25, 0.3) is 10.9 Å². The van der Waals surface area contributed by atoms with Gasteiger partial charge in [-0.3, -0.25) is 9.48 Å². The average Bonchev–Trinajstić information content (AvgIpc) is 3.39. The Morgan fingerprint density at radius 1 is 1.22 bits per heavy atom.